The number of carbonyl (C=O) groups excluding carboxylic acids is 1. The molecule has 2 aromatic rings. The van der Waals surface area contributed by atoms with Crippen molar-refractivity contribution in [2.75, 3.05) is 0 Å². The molecule has 3 nitrogen and oxygen atoms in total. The van der Waals surface area contributed by atoms with E-state index in [0.29, 0.717) is 11.1 Å². The van der Waals surface area contributed by atoms with Gasteiger partial charge in [-0.1, -0.05) is 39.5 Å². The monoisotopic (exact) mass is 354 g/mol. The smallest absolute Gasteiger partial charge is 0.193 e. The Kier molecular flexibility index (Phi) is 7.71. The number of hydrogen-bond acceptors (Lipinski definition) is 3. The lowest BCUT2D eigenvalue weighted by atomic mass is 9.96. The van der Waals surface area contributed by atoms with Crippen LogP contribution in [-0.4, -0.2) is 16.0 Å². The fourth-order valence-electron chi connectivity index (χ4n) is 3.15. The fourth-order valence-corrected chi connectivity index (χ4v) is 3.15. The van der Waals surface area contributed by atoms with Crippen molar-refractivity contribution in [2.45, 2.75) is 65.2 Å². The summed E-state index contributed by atoms with van der Waals surface area (Å²) in [6, 6.07) is 10.2. The quantitative estimate of drug-likeness (QED) is 0.419. The maximum absolute atomic E-state index is 12.9. The molecule has 0 saturated carbocycles. The van der Waals surface area contributed by atoms with Crippen LogP contribution in [0.25, 0.3) is 0 Å². The molecule has 2 N–H and O–H groups in total. The van der Waals surface area contributed by atoms with Crippen LogP contribution in [0.4, 0.5) is 0 Å². The largest absolute Gasteiger partial charge is 0.508 e. The second-order valence-corrected chi connectivity index (χ2v) is 6.93. The number of phenolic OH excluding ortho intramolecular Hbond substituents is 2. The van der Waals surface area contributed by atoms with Gasteiger partial charge in [-0.15, -0.1) is 0 Å². The van der Waals surface area contributed by atoms with E-state index in [-0.39, 0.29) is 17.3 Å². The Balaban J connectivity index is 2.20. The second kappa shape index (κ2) is 10.0. The zero-order valence-electron chi connectivity index (χ0n) is 15.9. The number of ketones is 1. The Hall–Kier alpha value is -2.29. The molecule has 0 unspecified atom stereocenters. The summed E-state index contributed by atoms with van der Waals surface area (Å²) < 4.78 is 0. The molecule has 2 aromatic carbocycles. The van der Waals surface area contributed by atoms with Crippen molar-refractivity contribution in [1.29, 1.82) is 0 Å². The summed E-state index contributed by atoms with van der Waals surface area (Å²) in [7, 11) is 0. The van der Waals surface area contributed by atoms with Crippen LogP contribution in [-0.2, 0) is 12.8 Å². The molecule has 0 amide bonds. The minimum absolute atomic E-state index is 0.0708. The summed E-state index contributed by atoms with van der Waals surface area (Å²) in [5.74, 6) is 0.436. The fraction of sp³-hybridized carbons (Fsp3) is 0.435. The van der Waals surface area contributed by atoms with E-state index in [2.05, 4.69) is 13.8 Å². The maximum atomic E-state index is 12.9. The first kappa shape index (κ1) is 20.0. The Morgan fingerprint density at radius 3 is 1.54 bits per heavy atom. The summed E-state index contributed by atoms with van der Waals surface area (Å²) in [5.41, 5.74) is 2.82. The molecule has 0 aliphatic carbocycles. The zero-order chi connectivity index (χ0) is 18.9. The van der Waals surface area contributed by atoms with Crippen LogP contribution in [0.15, 0.2) is 36.4 Å². The average molecular weight is 354 g/mol. The zero-order valence-corrected chi connectivity index (χ0v) is 15.9. The summed E-state index contributed by atoms with van der Waals surface area (Å²) in [6.07, 6.45) is 8.01. The predicted octanol–water partition coefficient (Wildman–Crippen LogP) is 5.79. The third-order valence-electron chi connectivity index (χ3n) is 4.78. The number of aromatic hydroxyl groups is 2. The molecule has 0 aliphatic heterocycles. The molecule has 26 heavy (non-hydrogen) atoms. The Labute approximate surface area is 156 Å². The minimum Gasteiger partial charge on any atom is -0.508 e. The summed E-state index contributed by atoms with van der Waals surface area (Å²) >= 11 is 0. The van der Waals surface area contributed by atoms with Crippen molar-refractivity contribution in [1.82, 2.24) is 0 Å². The van der Waals surface area contributed by atoms with Gasteiger partial charge in [-0.25, -0.2) is 0 Å². The van der Waals surface area contributed by atoms with Crippen molar-refractivity contribution in [3.05, 3.63) is 58.7 Å². The van der Waals surface area contributed by atoms with Crippen molar-refractivity contribution in [3.8, 4) is 11.5 Å². The number of benzene rings is 2. The Bertz CT molecular complexity index is 673. The summed E-state index contributed by atoms with van der Waals surface area (Å²) in [5, 5.41) is 20.1. The molecule has 0 spiro atoms. The van der Waals surface area contributed by atoms with Crippen LogP contribution in [0.2, 0.25) is 0 Å². The first-order chi connectivity index (χ1) is 12.6. The lowest BCUT2D eigenvalue weighted by Crippen LogP contribution is -2.03. The van der Waals surface area contributed by atoms with Crippen LogP contribution < -0.4 is 0 Å². The van der Waals surface area contributed by atoms with Gasteiger partial charge in [0, 0.05) is 11.1 Å². The molecule has 140 valence electrons. The number of unbranched alkanes of at least 4 members (excludes halogenated alkanes) is 4. The van der Waals surface area contributed by atoms with E-state index >= 15 is 0 Å². The molecular formula is C23H30O3. The number of carbonyl (C=O) groups is 1. The van der Waals surface area contributed by atoms with E-state index in [1.807, 2.05) is 0 Å². The van der Waals surface area contributed by atoms with E-state index in [1.54, 1.807) is 36.4 Å². The predicted molar refractivity (Wildman–Crippen MR) is 106 cm³/mol. The summed E-state index contributed by atoms with van der Waals surface area (Å²) in [4.78, 5) is 12.9. The molecule has 0 heterocycles. The second-order valence-electron chi connectivity index (χ2n) is 6.93. The van der Waals surface area contributed by atoms with Gasteiger partial charge in [0.2, 0.25) is 0 Å². The Morgan fingerprint density at radius 1 is 0.731 bits per heavy atom. The van der Waals surface area contributed by atoms with Crippen molar-refractivity contribution >= 4 is 5.78 Å². The highest BCUT2D eigenvalue weighted by Crippen LogP contribution is 2.25. The molecule has 2 rings (SSSR count). The minimum atomic E-state index is -0.0708. The number of rotatable bonds is 10. The van der Waals surface area contributed by atoms with Crippen LogP contribution in [0.3, 0.4) is 0 Å². The highest BCUT2D eigenvalue weighted by atomic mass is 16.3. The number of phenols is 2. The van der Waals surface area contributed by atoms with Crippen LogP contribution >= 0.6 is 0 Å². The third kappa shape index (κ3) is 5.35. The summed E-state index contributed by atoms with van der Waals surface area (Å²) in [6.45, 7) is 4.28. The van der Waals surface area contributed by atoms with Gasteiger partial charge < -0.3 is 10.2 Å². The van der Waals surface area contributed by atoms with E-state index < -0.39 is 0 Å². The van der Waals surface area contributed by atoms with Crippen LogP contribution in [0, 0.1) is 0 Å². The van der Waals surface area contributed by atoms with E-state index in [0.717, 1.165) is 62.5 Å². The lowest BCUT2D eigenvalue weighted by Gasteiger charge is -2.10. The number of aryl methyl sites for hydroxylation is 2. The third-order valence-corrected chi connectivity index (χ3v) is 4.78. The van der Waals surface area contributed by atoms with Gasteiger partial charge in [0.1, 0.15) is 11.5 Å². The van der Waals surface area contributed by atoms with Crippen molar-refractivity contribution < 1.29 is 15.0 Å². The molecule has 0 radical (unpaired) electrons. The highest BCUT2D eigenvalue weighted by Gasteiger charge is 2.14. The van der Waals surface area contributed by atoms with E-state index in [4.69, 9.17) is 0 Å². The van der Waals surface area contributed by atoms with E-state index in [9.17, 15) is 15.0 Å². The van der Waals surface area contributed by atoms with Gasteiger partial charge in [-0.05, 0) is 73.2 Å². The topological polar surface area (TPSA) is 57.5 Å². The molecule has 0 atom stereocenters. The molecule has 0 fully saturated rings. The molecule has 0 bridgehead atoms. The molecular weight excluding hydrogens is 324 g/mol. The van der Waals surface area contributed by atoms with E-state index in [1.165, 1.54) is 0 Å². The van der Waals surface area contributed by atoms with Gasteiger partial charge in [0.05, 0.1) is 0 Å². The molecule has 0 saturated heterocycles. The first-order valence-electron chi connectivity index (χ1n) is 9.75. The Morgan fingerprint density at radius 2 is 1.15 bits per heavy atom. The highest BCUT2D eigenvalue weighted by molar-refractivity contribution is 6.09. The van der Waals surface area contributed by atoms with Gasteiger partial charge in [-0.2, -0.15) is 0 Å². The lowest BCUT2D eigenvalue weighted by molar-refractivity contribution is 0.103. The molecule has 3 heteroatoms. The van der Waals surface area contributed by atoms with Gasteiger partial charge in [0.25, 0.3) is 0 Å². The normalized spacial score (nSPS) is 10.8. The molecule has 0 aromatic heterocycles. The van der Waals surface area contributed by atoms with Crippen LogP contribution in [0.1, 0.15) is 79.4 Å². The van der Waals surface area contributed by atoms with Gasteiger partial charge in [0.15, 0.2) is 5.78 Å². The maximum Gasteiger partial charge on any atom is 0.193 e. The SMILES string of the molecule is CCCCCc1cc(C(=O)c2ccc(O)c(CCCCC)c2)ccc1O. The number of hydrogen-bond donors (Lipinski definition) is 2. The van der Waals surface area contributed by atoms with Crippen LogP contribution in [0.5, 0.6) is 11.5 Å². The average Bonchev–Trinajstić information content (AvgIpc) is 2.64. The first-order valence-corrected chi connectivity index (χ1v) is 9.75. The standard InChI is InChI=1S/C23H30O3/c1-3-5-7-9-17-15-19(11-13-21(17)24)23(26)20-12-14-22(25)18(16-20)10-8-6-4-2/h11-16,24-25H,3-10H2,1-2H3. The van der Waals surface area contributed by atoms with Gasteiger partial charge >= 0.3 is 0 Å². The van der Waals surface area contributed by atoms with Gasteiger partial charge in [-0.3, -0.25) is 4.79 Å². The molecule has 0 aliphatic rings. The van der Waals surface area contributed by atoms with Crippen molar-refractivity contribution in [2.24, 2.45) is 0 Å². The van der Waals surface area contributed by atoms with Crippen molar-refractivity contribution in [3.63, 3.8) is 0 Å².